The second-order valence-electron chi connectivity index (χ2n) is 2.63. The van der Waals surface area contributed by atoms with Crippen molar-refractivity contribution >= 4 is 5.96 Å². The molecule has 0 fully saturated rings. The number of aliphatic imine (C=N–C) groups is 1. The van der Waals surface area contributed by atoms with Gasteiger partial charge in [-0.15, -0.1) is 0 Å². The van der Waals surface area contributed by atoms with Crippen molar-refractivity contribution in [2.24, 2.45) is 4.99 Å². The summed E-state index contributed by atoms with van der Waals surface area (Å²) in [5.41, 5.74) is 0. The van der Waals surface area contributed by atoms with Crippen molar-refractivity contribution in [1.82, 2.24) is 10.2 Å². The topological polar surface area (TPSA) is 27.6 Å². The van der Waals surface area contributed by atoms with Crippen LogP contribution in [0.1, 0.15) is 20.3 Å². The molecule has 0 aliphatic carbocycles. The van der Waals surface area contributed by atoms with E-state index in [1.807, 2.05) is 19.0 Å². The average Bonchev–Trinajstić information content (AvgIpc) is 1.97. The van der Waals surface area contributed by atoms with Gasteiger partial charge in [0.1, 0.15) is 0 Å². The molecule has 3 heteroatoms. The maximum absolute atomic E-state index is 4.36. The van der Waals surface area contributed by atoms with Crippen molar-refractivity contribution in [3.63, 3.8) is 0 Å². The Hall–Kier alpha value is -0.730. The molecule has 0 saturated carbocycles. The Labute approximate surface area is 69.5 Å². The van der Waals surface area contributed by atoms with Crippen LogP contribution in [0.2, 0.25) is 0 Å². The first-order chi connectivity index (χ1) is 5.22. The third-order valence-corrected chi connectivity index (χ3v) is 1.24. The molecular weight excluding hydrogens is 138 g/mol. The van der Waals surface area contributed by atoms with E-state index in [4.69, 9.17) is 0 Å². The standard InChI is InChI=1S/C8H19N3/c1-5-7-10-8(9-6-2)11(3)4/h5-7H2,1-4H3,(H,9,10). The lowest BCUT2D eigenvalue weighted by atomic mass is 10.5. The van der Waals surface area contributed by atoms with Gasteiger partial charge in [-0.2, -0.15) is 0 Å². The van der Waals surface area contributed by atoms with Gasteiger partial charge < -0.3 is 10.2 Å². The zero-order chi connectivity index (χ0) is 8.69. The van der Waals surface area contributed by atoms with E-state index in [0.717, 1.165) is 25.5 Å². The van der Waals surface area contributed by atoms with Crippen molar-refractivity contribution in [1.29, 1.82) is 0 Å². The maximum Gasteiger partial charge on any atom is 0.193 e. The van der Waals surface area contributed by atoms with Crippen LogP contribution < -0.4 is 5.32 Å². The lowest BCUT2D eigenvalue weighted by molar-refractivity contribution is 0.583. The van der Waals surface area contributed by atoms with E-state index in [0.29, 0.717) is 0 Å². The number of nitrogens with zero attached hydrogens (tertiary/aromatic N) is 2. The molecule has 0 heterocycles. The third-order valence-electron chi connectivity index (χ3n) is 1.24. The van der Waals surface area contributed by atoms with Crippen LogP contribution in [0.25, 0.3) is 0 Å². The van der Waals surface area contributed by atoms with Gasteiger partial charge in [-0.3, -0.25) is 4.99 Å². The lowest BCUT2D eigenvalue weighted by Gasteiger charge is -2.16. The maximum atomic E-state index is 4.36. The van der Waals surface area contributed by atoms with Crippen LogP contribution in [0.4, 0.5) is 0 Å². The molecule has 0 spiro atoms. The average molecular weight is 157 g/mol. The number of rotatable bonds is 3. The Bertz CT molecular complexity index is 119. The Morgan fingerprint density at radius 1 is 1.36 bits per heavy atom. The highest BCUT2D eigenvalue weighted by Crippen LogP contribution is 1.83. The van der Waals surface area contributed by atoms with Crippen LogP contribution >= 0.6 is 0 Å². The normalized spacial score (nSPS) is 11.5. The van der Waals surface area contributed by atoms with E-state index >= 15 is 0 Å². The molecular formula is C8H19N3. The van der Waals surface area contributed by atoms with Crippen LogP contribution in [-0.4, -0.2) is 38.0 Å². The first-order valence-electron chi connectivity index (χ1n) is 4.18. The van der Waals surface area contributed by atoms with Gasteiger partial charge in [0.25, 0.3) is 0 Å². The summed E-state index contributed by atoms with van der Waals surface area (Å²) >= 11 is 0. The highest BCUT2D eigenvalue weighted by atomic mass is 15.3. The Balaban J connectivity index is 3.86. The highest BCUT2D eigenvalue weighted by molar-refractivity contribution is 5.79. The monoisotopic (exact) mass is 157 g/mol. The van der Waals surface area contributed by atoms with Gasteiger partial charge in [0.2, 0.25) is 0 Å². The minimum absolute atomic E-state index is 0.903. The number of guanidine groups is 1. The van der Waals surface area contributed by atoms with E-state index in [1.54, 1.807) is 0 Å². The summed E-state index contributed by atoms with van der Waals surface area (Å²) in [5.74, 6) is 0.981. The number of hydrogen-bond donors (Lipinski definition) is 1. The molecule has 0 rings (SSSR count). The van der Waals surface area contributed by atoms with Crippen molar-refractivity contribution in [2.75, 3.05) is 27.2 Å². The van der Waals surface area contributed by atoms with E-state index in [2.05, 4.69) is 24.2 Å². The summed E-state index contributed by atoms with van der Waals surface area (Å²) in [6, 6.07) is 0. The molecule has 3 nitrogen and oxygen atoms in total. The van der Waals surface area contributed by atoms with Gasteiger partial charge in [0.05, 0.1) is 0 Å². The van der Waals surface area contributed by atoms with Gasteiger partial charge >= 0.3 is 0 Å². The molecule has 11 heavy (non-hydrogen) atoms. The molecule has 0 saturated heterocycles. The zero-order valence-corrected chi connectivity index (χ0v) is 8.02. The van der Waals surface area contributed by atoms with Crippen LogP contribution in [0.3, 0.4) is 0 Å². The van der Waals surface area contributed by atoms with Crippen molar-refractivity contribution in [3.8, 4) is 0 Å². The molecule has 66 valence electrons. The van der Waals surface area contributed by atoms with Crippen molar-refractivity contribution < 1.29 is 0 Å². The molecule has 0 aromatic carbocycles. The van der Waals surface area contributed by atoms with Crippen LogP contribution in [0.15, 0.2) is 4.99 Å². The molecule has 0 unspecified atom stereocenters. The van der Waals surface area contributed by atoms with Gasteiger partial charge in [-0.1, -0.05) is 6.92 Å². The summed E-state index contributed by atoms with van der Waals surface area (Å²) < 4.78 is 0. The summed E-state index contributed by atoms with van der Waals surface area (Å²) in [7, 11) is 3.99. The third kappa shape index (κ3) is 4.65. The molecule has 1 N–H and O–H groups in total. The largest absolute Gasteiger partial charge is 0.357 e. The molecule has 0 aliphatic heterocycles. The quantitative estimate of drug-likeness (QED) is 0.487. The highest BCUT2D eigenvalue weighted by Gasteiger charge is 1.96. The predicted molar refractivity (Wildman–Crippen MR) is 50.0 cm³/mol. The second-order valence-corrected chi connectivity index (χ2v) is 2.63. The Morgan fingerprint density at radius 2 is 2.00 bits per heavy atom. The lowest BCUT2D eigenvalue weighted by Crippen LogP contribution is -2.36. The summed E-state index contributed by atoms with van der Waals surface area (Å²) in [4.78, 5) is 6.36. The molecule has 0 aromatic rings. The van der Waals surface area contributed by atoms with Crippen LogP contribution in [-0.2, 0) is 0 Å². The summed E-state index contributed by atoms with van der Waals surface area (Å²) in [6.07, 6.45) is 1.10. The minimum Gasteiger partial charge on any atom is -0.357 e. The van der Waals surface area contributed by atoms with Crippen molar-refractivity contribution in [2.45, 2.75) is 20.3 Å². The molecule has 0 aromatic heterocycles. The van der Waals surface area contributed by atoms with Crippen molar-refractivity contribution in [3.05, 3.63) is 0 Å². The predicted octanol–water partition coefficient (Wildman–Crippen LogP) is 0.923. The summed E-state index contributed by atoms with van der Waals surface area (Å²) in [6.45, 7) is 6.04. The zero-order valence-electron chi connectivity index (χ0n) is 8.02. The second kappa shape index (κ2) is 6.01. The van der Waals surface area contributed by atoms with Crippen LogP contribution in [0.5, 0.6) is 0 Å². The molecule has 0 aliphatic rings. The Morgan fingerprint density at radius 3 is 2.36 bits per heavy atom. The van der Waals surface area contributed by atoms with E-state index < -0.39 is 0 Å². The fraction of sp³-hybridized carbons (Fsp3) is 0.875. The van der Waals surface area contributed by atoms with E-state index in [-0.39, 0.29) is 0 Å². The summed E-state index contributed by atoms with van der Waals surface area (Å²) in [5, 5.41) is 3.19. The molecule has 0 bridgehead atoms. The fourth-order valence-electron chi connectivity index (χ4n) is 0.731. The smallest absolute Gasteiger partial charge is 0.193 e. The fourth-order valence-corrected chi connectivity index (χ4v) is 0.731. The van der Waals surface area contributed by atoms with Gasteiger partial charge in [0, 0.05) is 27.2 Å². The molecule has 0 radical (unpaired) electrons. The van der Waals surface area contributed by atoms with E-state index in [9.17, 15) is 0 Å². The molecule has 0 atom stereocenters. The first-order valence-corrected chi connectivity index (χ1v) is 4.18. The first kappa shape index (κ1) is 10.3. The van der Waals surface area contributed by atoms with Crippen LogP contribution in [0, 0.1) is 0 Å². The van der Waals surface area contributed by atoms with Gasteiger partial charge in [-0.25, -0.2) is 0 Å². The van der Waals surface area contributed by atoms with Gasteiger partial charge in [0.15, 0.2) is 5.96 Å². The van der Waals surface area contributed by atoms with Gasteiger partial charge in [-0.05, 0) is 13.3 Å². The minimum atomic E-state index is 0.903. The number of hydrogen-bond acceptors (Lipinski definition) is 1. The SMILES string of the molecule is CCCN=C(NCC)N(C)C. The number of nitrogens with one attached hydrogen (secondary N) is 1. The Kier molecular flexibility index (Phi) is 5.61. The van der Waals surface area contributed by atoms with E-state index in [1.165, 1.54) is 0 Å². The molecule has 0 amide bonds.